The maximum atomic E-state index is 12.9. The molecule has 1 fully saturated rings. The van der Waals surface area contributed by atoms with Gasteiger partial charge in [0.2, 0.25) is 0 Å². The van der Waals surface area contributed by atoms with E-state index in [1.54, 1.807) is 7.05 Å². The van der Waals surface area contributed by atoms with E-state index in [-0.39, 0.29) is 28.5 Å². The minimum absolute atomic E-state index is 0.0396. The maximum absolute atomic E-state index is 12.9. The molecule has 0 bridgehead atoms. The number of carbonyl (C=O) groups is 1. The van der Waals surface area contributed by atoms with Gasteiger partial charge in [-0.2, -0.15) is 0 Å². The Morgan fingerprint density at radius 2 is 1.87 bits per heavy atom. The smallest absolute Gasteiger partial charge is 0.332 e. The summed E-state index contributed by atoms with van der Waals surface area (Å²) in [5.41, 5.74) is 0.548. The Hall–Kier alpha value is -2.97. The van der Waals surface area contributed by atoms with Crippen LogP contribution in [0.2, 0.25) is 5.02 Å². The van der Waals surface area contributed by atoms with E-state index in [0.29, 0.717) is 11.6 Å². The van der Waals surface area contributed by atoms with E-state index >= 15 is 0 Å². The Morgan fingerprint density at radius 3 is 2.58 bits per heavy atom. The number of amides is 1. The van der Waals surface area contributed by atoms with Crippen LogP contribution in [0.1, 0.15) is 34.8 Å². The third-order valence-corrected chi connectivity index (χ3v) is 6.20. The Labute approximate surface area is 184 Å². The number of likely N-dealkylation sites (tertiary alicyclic amines) is 1. The van der Waals surface area contributed by atoms with Crippen molar-refractivity contribution >= 4 is 28.5 Å². The number of rotatable bonds is 5. The van der Waals surface area contributed by atoms with Gasteiger partial charge in [-0.3, -0.25) is 23.6 Å². The van der Waals surface area contributed by atoms with Crippen molar-refractivity contribution in [1.29, 1.82) is 0 Å². The van der Waals surface area contributed by atoms with Crippen LogP contribution in [0.4, 0.5) is 0 Å². The van der Waals surface area contributed by atoms with E-state index in [0.717, 1.165) is 36.1 Å². The topological polar surface area (TPSA) is 89.2 Å². The molecule has 0 saturated carbocycles. The first-order valence-corrected chi connectivity index (χ1v) is 10.6. The first kappa shape index (κ1) is 21.3. The molecule has 3 heterocycles. The van der Waals surface area contributed by atoms with Crippen molar-refractivity contribution < 1.29 is 4.79 Å². The van der Waals surface area contributed by atoms with E-state index in [9.17, 15) is 14.4 Å². The summed E-state index contributed by atoms with van der Waals surface area (Å²) in [5, 5.41) is 3.86. The lowest BCUT2D eigenvalue weighted by Crippen LogP contribution is -2.38. The van der Waals surface area contributed by atoms with Crippen LogP contribution in [-0.2, 0) is 14.1 Å². The Morgan fingerprint density at radius 1 is 1.16 bits per heavy atom. The van der Waals surface area contributed by atoms with Crippen LogP contribution in [-0.4, -0.2) is 44.6 Å². The monoisotopic (exact) mass is 441 g/mol. The minimum atomic E-state index is -0.480. The van der Waals surface area contributed by atoms with Crippen molar-refractivity contribution in [1.82, 2.24) is 24.3 Å². The van der Waals surface area contributed by atoms with Gasteiger partial charge in [0.1, 0.15) is 5.65 Å². The number of aryl methyl sites for hydroxylation is 1. The van der Waals surface area contributed by atoms with E-state index in [2.05, 4.69) is 15.2 Å². The number of hydrogen-bond donors (Lipinski definition) is 1. The molecule has 4 rings (SSSR count). The third-order valence-electron chi connectivity index (χ3n) is 5.86. The average molecular weight is 442 g/mol. The fourth-order valence-electron chi connectivity index (χ4n) is 4.12. The normalized spacial score (nSPS) is 15.3. The van der Waals surface area contributed by atoms with Gasteiger partial charge in [0.05, 0.1) is 17.0 Å². The Kier molecular flexibility index (Phi) is 5.93. The third kappa shape index (κ3) is 4.00. The van der Waals surface area contributed by atoms with Crippen molar-refractivity contribution in [2.45, 2.75) is 18.9 Å². The van der Waals surface area contributed by atoms with E-state index in [1.165, 1.54) is 23.9 Å². The van der Waals surface area contributed by atoms with Crippen molar-refractivity contribution in [2.24, 2.45) is 14.1 Å². The van der Waals surface area contributed by atoms with Crippen molar-refractivity contribution in [2.75, 3.05) is 19.6 Å². The van der Waals surface area contributed by atoms with Crippen LogP contribution < -0.4 is 16.6 Å². The van der Waals surface area contributed by atoms with Gasteiger partial charge >= 0.3 is 5.69 Å². The highest BCUT2D eigenvalue weighted by Crippen LogP contribution is 2.29. The zero-order valence-electron chi connectivity index (χ0n) is 17.5. The summed E-state index contributed by atoms with van der Waals surface area (Å²) in [7, 11) is 2.95. The Bertz CT molecular complexity index is 1260. The van der Waals surface area contributed by atoms with Crippen LogP contribution in [0.25, 0.3) is 11.0 Å². The number of nitrogens with one attached hydrogen (secondary N) is 1. The lowest BCUT2D eigenvalue weighted by molar-refractivity contribution is 0.0937. The molecule has 31 heavy (non-hydrogen) atoms. The van der Waals surface area contributed by atoms with Gasteiger partial charge in [0.25, 0.3) is 11.5 Å². The number of carbonyl (C=O) groups excluding carboxylic acids is 1. The molecule has 1 aliphatic rings. The molecule has 1 aliphatic heterocycles. The summed E-state index contributed by atoms with van der Waals surface area (Å²) in [6, 6.07) is 9.12. The molecular formula is C22H24ClN5O3. The molecule has 1 N–H and O–H groups in total. The van der Waals surface area contributed by atoms with Gasteiger partial charge < -0.3 is 5.32 Å². The number of aromatic nitrogens is 3. The standard InChI is InChI=1S/C22H24ClN5O3/c1-26-19-16(21(30)27(2)22(26)31)11-14(12-24-19)20(29)25-13-18(28-9-5-6-10-28)15-7-3-4-8-17(15)23/h3-4,7-8,11-12,18H,5-6,9-10,13H2,1-2H3,(H,25,29)/t18-/m0/s1. The van der Waals surface area contributed by atoms with Gasteiger partial charge in [-0.1, -0.05) is 29.8 Å². The molecule has 0 spiro atoms. The van der Waals surface area contributed by atoms with Gasteiger partial charge in [0.15, 0.2) is 0 Å². The minimum Gasteiger partial charge on any atom is -0.350 e. The number of hydrogen-bond acceptors (Lipinski definition) is 5. The summed E-state index contributed by atoms with van der Waals surface area (Å²) in [4.78, 5) is 44.0. The fraction of sp³-hybridized carbons (Fsp3) is 0.364. The van der Waals surface area contributed by atoms with Crippen LogP contribution >= 0.6 is 11.6 Å². The summed E-state index contributed by atoms with van der Waals surface area (Å²) >= 11 is 6.44. The molecule has 2 aromatic heterocycles. The molecule has 162 valence electrons. The maximum Gasteiger partial charge on any atom is 0.332 e. The lowest BCUT2D eigenvalue weighted by atomic mass is 10.1. The number of nitrogens with zero attached hydrogens (tertiary/aromatic N) is 4. The second-order valence-electron chi connectivity index (χ2n) is 7.79. The van der Waals surface area contributed by atoms with E-state index in [1.807, 2.05) is 24.3 Å². The molecule has 3 aromatic rings. The molecular weight excluding hydrogens is 418 g/mol. The molecule has 1 saturated heterocycles. The molecule has 0 radical (unpaired) electrons. The lowest BCUT2D eigenvalue weighted by Gasteiger charge is -2.29. The second-order valence-corrected chi connectivity index (χ2v) is 8.20. The van der Waals surface area contributed by atoms with Gasteiger partial charge in [0, 0.05) is 31.9 Å². The summed E-state index contributed by atoms with van der Waals surface area (Å²) < 4.78 is 2.30. The van der Waals surface area contributed by atoms with Gasteiger partial charge in [-0.15, -0.1) is 0 Å². The summed E-state index contributed by atoms with van der Waals surface area (Å²) in [6.45, 7) is 2.28. The largest absolute Gasteiger partial charge is 0.350 e. The van der Waals surface area contributed by atoms with Crippen molar-refractivity contribution in [3.8, 4) is 0 Å². The highest BCUT2D eigenvalue weighted by Gasteiger charge is 2.26. The Balaban J connectivity index is 1.61. The van der Waals surface area contributed by atoms with Crippen LogP contribution in [0.3, 0.4) is 0 Å². The second kappa shape index (κ2) is 8.64. The van der Waals surface area contributed by atoms with Gasteiger partial charge in [-0.05, 0) is 43.6 Å². The number of fused-ring (bicyclic) bond motifs is 1. The highest BCUT2D eigenvalue weighted by atomic mass is 35.5. The first-order chi connectivity index (χ1) is 14.9. The number of halogens is 1. The molecule has 8 nitrogen and oxygen atoms in total. The SMILES string of the molecule is Cn1c(=O)c2cc(C(=O)NC[C@@H](c3ccccc3Cl)N3CCCC3)cnc2n(C)c1=O. The zero-order chi connectivity index (χ0) is 22.1. The predicted octanol–water partition coefficient (Wildman–Crippen LogP) is 1.85. The number of benzene rings is 1. The summed E-state index contributed by atoms with van der Waals surface area (Å²) in [6.07, 6.45) is 3.62. The van der Waals surface area contributed by atoms with Crippen molar-refractivity contribution in [3.63, 3.8) is 0 Å². The zero-order valence-corrected chi connectivity index (χ0v) is 18.2. The van der Waals surface area contributed by atoms with E-state index in [4.69, 9.17) is 11.6 Å². The van der Waals surface area contributed by atoms with Crippen LogP contribution in [0.5, 0.6) is 0 Å². The molecule has 1 aromatic carbocycles. The first-order valence-electron chi connectivity index (χ1n) is 10.2. The number of pyridine rings is 1. The van der Waals surface area contributed by atoms with Gasteiger partial charge in [-0.25, -0.2) is 9.78 Å². The molecule has 1 atom stereocenters. The highest BCUT2D eigenvalue weighted by molar-refractivity contribution is 6.31. The summed E-state index contributed by atoms with van der Waals surface area (Å²) in [5.74, 6) is -0.332. The molecule has 9 heteroatoms. The average Bonchev–Trinajstić information content (AvgIpc) is 3.31. The quantitative estimate of drug-likeness (QED) is 0.652. The van der Waals surface area contributed by atoms with Crippen LogP contribution in [0.15, 0.2) is 46.1 Å². The predicted molar refractivity (Wildman–Crippen MR) is 120 cm³/mol. The molecule has 0 aliphatic carbocycles. The molecule has 0 unspecified atom stereocenters. The van der Waals surface area contributed by atoms with E-state index < -0.39 is 11.2 Å². The van der Waals surface area contributed by atoms with Crippen molar-refractivity contribution in [3.05, 3.63) is 73.5 Å². The van der Waals surface area contributed by atoms with Crippen LogP contribution in [0, 0.1) is 0 Å². The fourth-order valence-corrected chi connectivity index (χ4v) is 4.38. The molecule has 1 amide bonds.